The maximum absolute atomic E-state index is 11.8. The van der Waals surface area contributed by atoms with E-state index >= 15 is 0 Å². The molecule has 20 heavy (non-hydrogen) atoms. The SMILES string of the molecule is CCc1oc2ccccc2c1CN(C)C(=O)CCN.Cl. The first-order valence-corrected chi connectivity index (χ1v) is 6.60. The highest BCUT2D eigenvalue weighted by Gasteiger charge is 2.16. The summed E-state index contributed by atoms with van der Waals surface area (Å²) < 4.78 is 5.83. The number of halogens is 1. The highest BCUT2D eigenvalue weighted by Crippen LogP contribution is 2.27. The second-order valence-corrected chi connectivity index (χ2v) is 4.64. The molecule has 4 nitrogen and oxygen atoms in total. The number of benzene rings is 1. The van der Waals surface area contributed by atoms with E-state index in [1.165, 1.54) is 0 Å². The molecule has 0 saturated carbocycles. The van der Waals surface area contributed by atoms with Crippen molar-refractivity contribution >= 4 is 29.3 Å². The lowest BCUT2D eigenvalue weighted by atomic mass is 10.1. The monoisotopic (exact) mass is 296 g/mol. The molecule has 0 aliphatic rings. The van der Waals surface area contributed by atoms with Gasteiger partial charge in [0.2, 0.25) is 5.91 Å². The maximum Gasteiger partial charge on any atom is 0.223 e. The van der Waals surface area contributed by atoms with Gasteiger partial charge in [-0.05, 0) is 6.07 Å². The highest BCUT2D eigenvalue weighted by molar-refractivity contribution is 5.85. The molecule has 1 heterocycles. The molecular weight excluding hydrogens is 276 g/mol. The van der Waals surface area contributed by atoms with Gasteiger partial charge in [0.15, 0.2) is 0 Å². The van der Waals surface area contributed by atoms with Crippen molar-refractivity contribution in [1.82, 2.24) is 4.90 Å². The summed E-state index contributed by atoms with van der Waals surface area (Å²) in [5.41, 5.74) is 7.41. The van der Waals surface area contributed by atoms with E-state index in [9.17, 15) is 4.79 Å². The lowest BCUT2D eigenvalue weighted by Crippen LogP contribution is -2.28. The Morgan fingerprint density at radius 2 is 2.05 bits per heavy atom. The highest BCUT2D eigenvalue weighted by atomic mass is 35.5. The van der Waals surface area contributed by atoms with Crippen molar-refractivity contribution < 1.29 is 9.21 Å². The molecule has 1 amide bonds. The van der Waals surface area contributed by atoms with E-state index in [1.807, 2.05) is 24.3 Å². The second-order valence-electron chi connectivity index (χ2n) is 4.64. The summed E-state index contributed by atoms with van der Waals surface area (Å²) in [5.74, 6) is 1.02. The molecule has 0 bridgehead atoms. The van der Waals surface area contributed by atoms with Crippen LogP contribution < -0.4 is 5.73 Å². The Morgan fingerprint density at radius 3 is 2.70 bits per heavy atom. The van der Waals surface area contributed by atoms with Crippen molar-refractivity contribution in [2.75, 3.05) is 13.6 Å². The topological polar surface area (TPSA) is 59.5 Å². The van der Waals surface area contributed by atoms with Crippen LogP contribution in [0.3, 0.4) is 0 Å². The molecule has 0 atom stereocenters. The molecule has 1 aromatic heterocycles. The molecule has 2 aromatic rings. The summed E-state index contributed by atoms with van der Waals surface area (Å²) in [6.45, 7) is 3.01. The molecule has 2 rings (SSSR count). The molecule has 0 fully saturated rings. The molecule has 0 saturated heterocycles. The number of aryl methyl sites for hydroxylation is 1. The van der Waals surface area contributed by atoms with Crippen molar-refractivity contribution in [2.45, 2.75) is 26.3 Å². The quantitative estimate of drug-likeness (QED) is 0.923. The number of hydrogen-bond donors (Lipinski definition) is 1. The Kier molecular flexibility index (Phi) is 6.05. The number of furan rings is 1. The molecule has 5 heteroatoms. The van der Waals surface area contributed by atoms with Crippen LogP contribution in [0.15, 0.2) is 28.7 Å². The standard InChI is InChI=1S/C15H20N2O2.ClH/c1-3-13-12(10-17(2)15(18)8-9-16)11-6-4-5-7-14(11)19-13;/h4-7H,3,8-10,16H2,1-2H3;1H. The van der Waals surface area contributed by atoms with Crippen molar-refractivity contribution in [3.8, 4) is 0 Å². The summed E-state index contributed by atoms with van der Waals surface area (Å²) in [7, 11) is 1.80. The Morgan fingerprint density at radius 1 is 1.35 bits per heavy atom. The summed E-state index contributed by atoms with van der Waals surface area (Å²) in [4.78, 5) is 13.5. The number of rotatable bonds is 5. The van der Waals surface area contributed by atoms with Crippen LogP contribution in [0.5, 0.6) is 0 Å². The zero-order valence-electron chi connectivity index (χ0n) is 11.9. The van der Waals surface area contributed by atoms with Crippen LogP contribution >= 0.6 is 12.4 Å². The Labute approximate surface area is 125 Å². The van der Waals surface area contributed by atoms with Gasteiger partial charge in [-0.2, -0.15) is 0 Å². The lowest BCUT2D eigenvalue weighted by Gasteiger charge is -2.16. The van der Waals surface area contributed by atoms with Gasteiger partial charge in [0.25, 0.3) is 0 Å². The molecule has 0 aliphatic carbocycles. The first kappa shape index (κ1) is 16.5. The number of carbonyl (C=O) groups is 1. The number of nitrogens with zero attached hydrogens (tertiary/aromatic N) is 1. The van der Waals surface area contributed by atoms with E-state index in [2.05, 4.69) is 6.92 Å². The number of hydrogen-bond acceptors (Lipinski definition) is 3. The van der Waals surface area contributed by atoms with Gasteiger partial charge in [0, 0.05) is 43.9 Å². The average Bonchev–Trinajstić information content (AvgIpc) is 2.77. The van der Waals surface area contributed by atoms with Gasteiger partial charge in [0.1, 0.15) is 11.3 Å². The van der Waals surface area contributed by atoms with E-state index in [0.717, 1.165) is 28.7 Å². The van der Waals surface area contributed by atoms with Crippen molar-refractivity contribution in [3.05, 3.63) is 35.6 Å². The van der Waals surface area contributed by atoms with Crippen molar-refractivity contribution in [1.29, 1.82) is 0 Å². The van der Waals surface area contributed by atoms with Gasteiger partial charge in [-0.15, -0.1) is 12.4 Å². The van der Waals surface area contributed by atoms with E-state index in [-0.39, 0.29) is 18.3 Å². The predicted octanol–water partition coefficient (Wildman–Crippen LogP) is 2.72. The van der Waals surface area contributed by atoms with Gasteiger partial charge >= 0.3 is 0 Å². The normalized spacial score (nSPS) is 10.3. The first-order chi connectivity index (χ1) is 9.17. The zero-order chi connectivity index (χ0) is 13.8. The molecule has 0 radical (unpaired) electrons. The van der Waals surface area contributed by atoms with Gasteiger partial charge in [-0.1, -0.05) is 25.1 Å². The number of carbonyl (C=O) groups excluding carboxylic acids is 1. The molecule has 1 aromatic carbocycles. The largest absolute Gasteiger partial charge is 0.461 e. The fourth-order valence-electron chi connectivity index (χ4n) is 2.25. The summed E-state index contributed by atoms with van der Waals surface area (Å²) >= 11 is 0. The van der Waals surface area contributed by atoms with Crippen LogP contribution in [0.25, 0.3) is 11.0 Å². The van der Waals surface area contributed by atoms with Crippen molar-refractivity contribution in [3.63, 3.8) is 0 Å². The van der Waals surface area contributed by atoms with E-state index < -0.39 is 0 Å². The van der Waals surface area contributed by atoms with Gasteiger partial charge in [-0.25, -0.2) is 0 Å². The molecule has 0 unspecified atom stereocenters. The maximum atomic E-state index is 11.8. The fraction of sp³-hybridized carbons (Fsp3) is 0.400. The minimum absolute atomic E-state index is 0. The zero-order valence-corrected chi connectivity index (χ0v) is 12.7. The minimum Gasteiger partial charge on any atom is -0.461 e. The van der Waals surface area contributed by atoms with Crippen LogP contribution in [0.1, 0.15) is 24.7 Å². The lowest BCUT2D eigenvalue weighted by molar-refractivity contribution is -0.130. The van der Waals surface area contributed by atoms with Crippen LogP contribution in [-0.4, -0.2) is 24.4 Å². The number of nitrogens with two attached hydrogens (primary N) is 1. The average molecular weight is 297 g/mol. The number of amides is 1. The summed E-state index contributed by atoms with van der Waals surface area (Å²) in [5, 5.41) is 1.09. The molecule has 0 spiro atoms. The van der Waals surface area contributed by atoms with E-state index in [1.54, 1.807) is 11.9 Å². The Balaban J connectivity index is 0.00000200. The van der Waals surface area contributed by atoms with Gasteiger partial charge < -0.3 is 15.1 Å². The number of fused-ring (bicyclic) bond motifs is 1. The molecule has 2 N–H and O–H groups in total. The third kappa shape index (κ3) is 3.32. The molecular formula is C15H21ClN2O2. The fourth-order valence-corrected chi connectivity index (χ4v) is 2.25. The van der Waals surface area contributed by atoms with Crippen LogP contribution in [0.4, 0.5) is 0 Å². The Bertz CT molecular complexity index is 580. The van der Waals surface area contributed by atoms with Crippen LogP contribution in [0, 0.1) is 0 Å². The van der Waals surface area contributed by atoms with E-state index in [0.29, 0.717) is 19.5 Å². The molecule has 0 aliphatic heterocycles. The second kappa shape index (κ2) is 7.31. The minimum atomic E-state index is 0. The third-order valence-corrected chi connectivity index (χ3v) is 3.28. The van der Waals surface area contributed by atoms with Crippen LogP contribution in [0.2, 0.25) is 0 Å². The van der Waals surface area contributed by atoms with Crippen LogP contribution in [-0.2, 0) is 17.8 Å². The molecule has 110 valence electrons. The van der Waals surface area contributed by atoms with Gasteiger partial charge in [-0.3, -0.25) is 4.79 Å². The Hall–Kier alpha value is -1.52. The smallest absolute Gasteiger partial charge is 0.223 e. The van der Waals surface area contributed by atoms with E-state index in [4.69, 9.17) is 10.2 Å². The first-order valence-electron chi connectivity index (χ1n) is 6.60. The predicted molar refractivity (Wildman–Crippen MR) is 83.0 cm³/mol. The van der Waals surface area contributed by atoms with Gasteiger partial charge in [0.05, 0.1) is 0 Å². The third-order valence-electron chi connectivity index (χ3n) is 3.28. The van der Waals surface area contributed by atoms with Crippen molar-refractivity contribution in [2.24, 2.45) is 5.73 Å². The summed E-state index contributed by atoms with van der Waals surface area (Å²) in [6.07, 6.45) is 1.21. The summed E-state index contributed by atoms with van der Waals surface area (Å²) in [6, 6.07) is 7.94. The number of para-hydroxylation sites is 1.